The van der Waals surface area contributed by atoms with Crippen LogP contribution < -0.4 is 0 Å². The first kappa shape index (κ1) is 13.1. The quantitative estimate of drug-likeness (QED) is 0.790. The van der Waals surface area contributed by atoms with Crippen molar-refractivity contribution in [1.29, 1.82) is 0 Å². The number of aromatic nitrogens is 2. The Bertz CT molecular complexity index is 372. The lowest BCUT2D eigenvalue weighted by atomic mass is 10.1. The summed E-state index contributed by atoms with van der Waals surface area (Å²) in [7, 11) is 0. The lowest BCUT2D eigenvalue weighted by Crippen LogP contribution is -2.39. The second-order valence-corrected chi connectivity index (χ2v) is 5.80. The van der Waals surface area contributed by atoms with E-state index in [0.717, 1.165) is 26.3 Å². The van der Waals surface area contributed by atoms with Gasteiger partial charge in [-0.1, -0.05) is 0 Å². The van der Waals surface area contributed by atoms with Crippen molar-refractivity contribution in [3.05, 3.63) is 18.5 Å². The topological polar surface area (TPSA) is 50.5 Å². The van der Waals surface area contributed by atoms with Gasteiger partial charge in [-0.3, -0.25) is 9.58 Å². The highest BCUT2D eigenvalue weighted by molar-refractivity contribution is 4.88. The van der Waals surface area contributed by atoms with Crippen molar-refractivity contribution in [2.45, 2.75) is 38.0 Å². The van der Waals surface area contributed by atoms with E-state index in [1.54, 1.807) is 10.9 Å². The van der Waals surface area contributed by atoms with E-state index in [-0.39, 0.29) is 6.10 Å². The predicted octanol–water partition coefficient (Wildman–Crippen LogP) is 0.745. The second-order valence-electron chi connectivity index (χ2n) is 5.80. The monoisotopic (exact) mass is 265 g/mol. The maximum Gasteiger partial charge on any atom is 0.0862 e. The molecule has 3 rings (SSSR count). The van der Waals surface area contributed by atoms with Gasteiger partial charge in [0.15, 0.2) is 0 Å². The van der Waals surface area contributed by atoms with Gasteiger partial charge in [0, 0.05) is 38.1 Å². The molecular formula is C14H23N3O2. The maximum absolute atomic E-state index is 10.2. The van der Waals surface area contributed by atoms with E-state index in [4.69, 9.17) is 4.74 Å². The number of nitrogens with zero attached hydrogens (tertiary/aromatic N) is 3. The van der Waals surface area contributed by atoms with Crippen LogP contribution in [0.1, 0.15) is 19.3 Å². The molecule has 5 heteroatoms. The van der Waals surface area contributed by atoms with Crippen LogP contribution in [0.25, 0.3) is 0 Å². The number of rotatable bonds is 7. The molecule has 2 aliphatic rings. The van der Waals surface area contributed by atoms with E-state index in [9.17, 15) is 5.11 Å². The SMILES string of the molecule is OC(CN(CC1CCOC1)C1CC1)Cn1cccn1. The molecule has 0 amide bonds. The fourth-order valence-electron chi connectivity index (χ4n) is 2.82. The van der Waals surface area contributed by atoms with Gasteiger partial charge in [-0.25, -0.2) is 0 Å². The molecule has 0 radical (unpaired) electrons. The summed E-state index contributed by atoms with van der Waals surface area (Å²) in [5.41, 5.74) is 0. The lowest BCUT2D eigenvalue weighted by Gasteiger charge is -2.27. The Morgan fingerprint density at radius 1 is 1.42 bits per heavy atom. The summed E-state index contributed by atoms with van der Waals surface area (Å²) in [6.07, 6.45) is 7.03. The Hall–Kier alpha value is -0.910. The number of aliphatic hydroxyl groups is 1. The van der Waals surface area contributed by atoms with Crippen molar-refractivity contribution in [3.8, 4) is 0 Å². The van der Waals surface area contributed by atoms with Crippen LogP contribution >= 0.6 is 0 Å². The van der Waals surface area contributed by atoms with Gasteiger partial charge in [0.25, 0.3) is 0 Å². The van der Waals surface area contributed by atoms with Crippen LogP contribution in [0.2, 0.25) is 0 Å². The molecular weight excluding hydrogens is 242 g/mol. The summed E-state index contributed by atoms with van der Waals surface area (Å²) in [5.74, 6) is 0.650. The third kappa shape index (κ3) is 3.78. The standard InChI is InChI=1S/C14H23N3O2/c18-14(10-17-6-1-5-15-17)9-16(13-2-3-13)8-12-4-7-19-11-12/h1,5-6,12-14,18H,2-4,7-11H2. The number of hydrogen-bond donors (Lipinski definition) is 1. The minimum absolute atomic E-state index is 0.345. The fourth-order valence-corrected chi connectivity index (χ4v) is 2.82. The van der Waals surface area contributed by atoms with Crippen molar-refractivity contribution < 1.29 is 9.84 Å². The van der Waals surface area contributed by atoms with E-state index in [2.05, 4.69) is 10.00 Å². The van der Waals surface area contributed by atoms with E-state index >= 15 is 0 Å². The summed E-state index contributed by atoms with van der Waals surface area (Å²) in [6.45, 7) is 4.19. The van der Waals surface area contributed by atoms with Crippen molar-refractivity contribution >= 4 is 0 Å². The predicted molar refractivity (Wildman–Crippen MR) is 71.8 cm³/mol. The molecule has 1 aliphatic carbocycles. The van der Waals surface area contributed by atoms with Gasteiger partial charge >= 0.3 is 0 Å². The van der Waals surface area contributed by atoms with Crippen LogP contribution in [0.4, 0.5) is 0 Å². The highest BCUT2D eigenvalue weighted by atomic mass is 16.5. The van der Waals surface area contributed by atoms with E-state index < -0.39 is 0 Å². The van der Waals surface area contributed by atoms with Gasteiger partial charge in [0.05, 0.1) is 19.3 Å². The summed E-state index contributed by atoms with van der Waals surface area (Å²) < 4.78 is 7.25. The van der Waals surface area contributed by atoms with Crippen LogP contribution in [0, 0.1) is 5.92 Å². The summed E-state index contributed by atoms with van der Waals surface area (Å²) in [4.78, 5) is 2.45. The van der Waals surface area contributed by atoms with Crippen LogP contribution in [0.5, 0.6) is 0 Å². The third-order valence-electron chi connectivity index (χ3n) is 3.98. The molecule has 2 heterocycles. The zero-order valence-corrected chi connectivity index (χ0v) is 11.3. The van der Waals surface area contributed by atoms with E-state index in [1.807, 2.05) is 12.3 Å². The molecule has 0 bridgehead atoms. The normalized spacial score (nSPS) is 25.1. The van der Waals surface area contributed by atoms with Gasteiger partial charge in [-0.15, -0.1) is 0 Å². The Labute approximate surface area is 114 Å². The van der Waals surface area contributed by atoms with Crippen molar-refractivity contribution in [1.82, 2.24) is 14.7 Å². The molecule has 1 aromatic heterocycles. The van der Waals surface area contributed by atoms with Crippen LogP contribution in [0.15, 0.2) is 18.5 Å². The fraction of sp³-hybridized carbons (Fsp3) is 0.786. The van der Waals surface area contributed by atoms with Gasteiger partial charge in [-0.2, -0.15) is 5.10 Å². The van der Waals surface area contributed by atoms with E-state index in [0.29, 0.717) is 18.5 Å². The first-order chi connectivity index (χ1) is 9.31. The Morgan fingerprint density at radius 2 is 2.32 bits per heavy atom. The molecule has 19 heavy (non-hydrogen) atoms. The van der Waals surface area contributed by atoms with Crippen LogP contribution in [-0.4, -0.2) is 58.2 Å². The highest BCUT2D eigenvalue weighted by Gasteiger charge is 2.32. The molecule has 1 aliphatic heterocycles. The maximum atomic E-state index is 10.2. The average Bonchev–Trinajstić information content (AvgIpc) is 2.87. The lowest BCUT2D eigenvalue weighted by molar-refractivity contribution is 0.0800. The van der Waals surface area contributed by atoms with Gasteiger partial charge < -0.3 is 9.84 Å². The van der Waals surface area contributed by atoms with Gasteiger partial charge in [0.1, 0.15) is 0 Å². The molecule has 2 unspecified atom stereocenters. The third-order valence-corrected chi connectivity index (χ3v) is 3.98. The summed E-state index contributed by atoms with van der Waals surface area (Å²) in [6, 6.07) is 2.58. The second kappa shape index (κ2) is 6.03. The number of aliphatic hydroxyl groups excluding tert-OH is 1. The van der Waals surface area contributed by atoms with Crippen molar-refractivity contribution in [2.24, 2.45) is 5.92 Å². The molecule has 0 spiro atoms. The molecule has 5 nitrogen and oxygen atoms in total. The molecule has 106 valence electrons. The molecule has 1 N–H and O–H groups in total. The Morgan fingerprint density at radius 3 is 2.95 bits per heavy atom. The smallest absolute Gasteiger partial charge is 0.0862 e. The zero-order chi connectivity index (χ0) is 13.1. The number of hydrogen-bond acceptors (Lipinski definition) is 4. The molecule has 2 atom stereocenters. The Balaban J connectivity index is 1.49. The molecule has 0 aromatic carbocycles. The minimum Gasteiger partial charge on any atom is -0.390 e. The summed E-state index contributed by atoms with van der Waals surface area (Å²) in [5, 5.41) is 14.4. The molecule has 1 saturated heterocycles. The van der Waals surface area contributed by atoms with Gasteiger partial charge in [0.2, 0.25) is 0 Å². The van der Waals surface area contributed by atoms with Gasteiger partial charge in [-0.05, 0) is 31.2 Å². The molecule has 2 fully saturated rings. The molecule has 1 saturated carbocycles. The number of ether oxygens (including phenoxy) is 1. The molecule has 1 aromatic rings. The first-order valence-electron chi connectivity index (χ1n) is 7.28. The van der Waals surface area contributed by atoms with Crippen molar-refractivity contribution in [3.63, 3.8) is 0 Å². The minimum atomic E-state index is -0.345. The van der Waals surface area contributed by atoms with Crippen LogP contribution in [-0.2, 0) is 11.3 Å². The van der Waals surface area contributed by atoms with Crippen molar-refractivity contribution in [2.75, 3.05) is 26.3 Å². The zero-order valence-electron chi connectivity index (χ0n) is 11.3. The largest absolute Gasteiger partial charge is 0.390 e. The highest BCUT2D eigenvalue weighted by Crippen LogP contribution is 2.29. The Kier molecular flexibility index (Phi) is 4.15. The first-order valence-corrected chi connectivity index (χ1v) is 7.28. The summed E-state index contributed by atoms with van der Waals surface area (Å²) >= 11 is 0. The average molecular weight is 265 g/mol. The van der Waals surface area contributed by atoms with E-state index in [1.165, 1.54) is 19.3 Å². The van der Waals surface area contributed by atoms with Crippen LogP contribution in [0.3, 0.4) is 0 Å².